The Balaban J connectivity index is 4.32. The second kappa shape index (κ2) is 8.62. The zero-order valence-corrected chi connectivity index (χ0v) is 12.5. The summed E-state index contributed by atoms with van der Waals surface area (Å²) in [4.78, 5) is 22.7. The van der Waals surface area contributed by atoms with Crippen LogP contribution in [0.25, 0.3) is 0 Å². The Morgan fingerprint density at radius 1 is 1.39 bits per heavy atom. The molecule has 104 valence electrons. The maximum atomic E-state index is 11.5. The van der Waals surface area contributed by atoms with Gasteiger partial charge in [-0.2, -0.15) is 0 Å². The first-order chi connectivity index (χ1) is 8.31. The molecule has 0 aromatic heterocycles. The highest BCUT2D eigenvalue weighted by atomic mass is 35.6. The maximum Gasteiger partial charge on any atom is 0.305 e. The van der Waals surface area contributed by atoms with Gasteiger partial charge in [-0.05, 0) is 20.3 Å². The molecular weight excluding hydrogens is 300 g/mol. The lowest BCUT2D eigenvalue weighted by atomic mass is 10.1. The number of esters is 1. The summed E-state index contributed by atoms with van der Waals surface area (Å²) in [5.41, 5.74) is 0. The number of carbonyl (C=O) groups excluding carboxylic acids is 2. The van der Waals surface area contributed by atoms with Crippen LogP contribution < -0.4 is 5.32 Å². The third-order valence-electron chi connectivity index (χ3n) is 1.96. The summed E-state index contributed by atoms with van der Waals surface area (Å²) < 4.78 is 2.78. The molecule has 0 rings (SSSR count). The van der Waals surface area contributed by atoms with Crippen LogP contribution in [0.4, 0.5) is 0 Å². The predicted octanol–water partition coefficient (Wildman–Crippen LogP) is 2.76. The monoisotopic (exact) mass is 315 g/mol. The van der Waals surface area contributed by atoms with Gasteiger partial charge in [0.25, 0.3) is 9.70 Å². The zero-order chi connectivity index (χ0) is 14.2. The first-order valence-corrected chi connectivity index (χ1v) is 6.60. The normalized spacial score (nSPS) is 13.4. The van der Waals surface area contributed by atoms with Crippen LogP contribution in [-0.4, -0.2) is 28.3 Å². The number of hydrogen-bond donors (Lipinski definition) is 1. The molecule has 0 saturated heterocycles. The number of nitrogens with one attached hydrogen (secondary N) is 1. The van der Waals surface area contributed by atoms with Crippen molar-refractivity contribution < 1.29 is 14.3 Å². The van der Waals surface area contributed by atoms with E-state index < -0.39 is 9.70 Å². The molecule has 4 nitrogen and oxygen atoms in total. The van der Waals surface area contributed by atoms with Crippen LogP contribution in [0.2, 0.25) is 0 Å². The average Bonchev–Trinajstić information content (AvgIpc) is 2.25. The number of carbonyl (C=O) groups is 2. The minimum absolute atomic E-state index is 0.184. The van der Waals surface area contributed by atoms with Crippen molar-refractivity contribution in [1.82, 2.24) is 5.32 Å². The van der Waals surface area contributed by atoms with Crippen LogP contribution in [-0.2, 0) is 14.3 Å². The molecule has 0 fully saturated rings. The lowest BCUT2D eigenvalue weighted by Crippen LogP contribution is -2.41. The van der Waals surface area contributed by atoms with Gasteiger partial charge in [0.2, 0.25) is 0 Å². The summed E-state index contributed by atoms with van der Waals surface area (Å²) in [5.74, 6) is -1.05. The highest BCUT2D eigenvalue weighted by Gasteiger charge is 2.31. The van der Waals surface area contributed by atoms with Gasteiger partial charge in [-0.25, -0.2) is 0 Å². The van der Waals surface area contributed by atoms with E-state index in [9.17, 15) is 9.59 Å². The molecule has 18 heavy (non-hydrogen) atoms. The second-order valence-electron chi connectivity index (χ2n) is 3.45. The Morgan fingerprint density at radius 3 is 2.44 bits per heavy atom. The predicted molar refractivity (Wildman–Crippen MR) is 72.9 cm³/mol. The third kappa shape index (κ3) is 7.80. The van der Waals surface area contributed by atoms with Crippen molar-refractivity contribution in [3.05, 3.63) is 12.2 Å². The van der Waals surface area contributed by atoms with Crippen LogP contribution in [0.3, 0.4) is 0 Å². The second-order valence-corrected chi connectivity index (χ2v) is 5.73. The van der Waals surface area contributed by atoms with Crippen molar-refractivity contribution in [3.63, 3.8) is 0 Å². The molecule has 0 aromatic carbocycles. The number of allylic oxidation sites excluding steroid dienone is 1. The van der Waals surface area contributed by atoms with E-state index in [4.69, 9.17) is 39.5 Å². The van der Waals surface area contributed by atoms with Crippen LogP contribution in [0.15, 0.2) is 12.2 Å². The van der Waals surface area contributed by atoms with Gasteiger partial charge in [0.15, 0.2) is 0 Å². The maximum absolute atomic E-state index is 11.5. The number of ether oxygens (including phenoxy) is 1. The molecule has 1 N–H and O–H groups in total. The molecule has 0 saturated carbocycles. The minimum atomic E-state index is -2.01. The molecular formula is C11H16Cl3NO3. The summed E-state index contributed by atoms with van der Waals surface area (Å²) in [6.07, 6.45) is 4.03. The van der Waals surface area contributed by atoms with Gasteiger partial charge >= 0.3 is 5.97 Å². The third-order valence-corrected chi connectivity index (χ3v) is 2.48. The van der Waals surface area contributed by atoms with E-state index in [2.05, 4.69) is 5.32 Å². The number of hydrogen-bond acceptors (Lipinski definition) is 3. The van der Waals surface area contributed by atoms with Gasteiger partial charge in [-0.3, -0.25) is 9.59 Å². The van der Waals surface area contributed by atoms with Gasteiger partial charge in [0.1, 0.15) is 0 Å². The smallest absolute Gasteiger partial charge is 0.305 e. The molecule has 7 heteroatoms. The fourth-order valence-corrected chi connectivity index (χ4v) is 1.37. The number of rotatable bonds is 6. The lowest BCUT2D eigenvalue weighted by molar-refractivity contribution is -0.143. The Labute approximate surface area is 122 Å². The van der Waals surface area contributed by atoms with E-state index in [-0.39, 0.29) is 18.4 Å². The van der Waals surface area contributed by atoms with Crippen molar-refractivity contribution in [3.8, 4) is 0 Å². The van der Waals surface area contributed by atoms with Gasteiger partial charge in [0.05, 0.1) is 6.61 Å². The molecule has 1 atom stereocenters. The van der Waals surface area contributed by atoms with Gasteiger partial charge < -0.3 is 10.1 Å². The Kier molecular flexibility index (Phi) is 8.40. The zero-order valence-electron chi connectivity index (χ0n) is 10.2. The van der Waals surface area contributed by atoms with E-state index in [1.165, 1.54) is 0 Å². The number of halogens is 3. The van der Waals surface area contributed by atoms with E-state index >= 15 is 0 Å². The molecule has 0 aromatic rings. The van der Waals surface area contributed by atoms with E-state index in [1.807, 2.05) is 0 Å². The van der Waals surface area contributed by atoms with Crippen molar-refractivity contribution in [2.45, 2.75) is 36.5 Å². The Morgan fingerprint density at radius 2 is 2.00 bits per heavy atom. The quantitative estimate of drug-likeness (QED) is 0.466. The summed E-state index contributed by atoms with van der Waals surface area (Å²) in [5, 5.41) is 2.53. The largest absolute Gasteiger partial charge is 0.466 e. The average molecular weight is 317 g/mol. The summed E-state index contributed by atoms with van der Waals surface area (Å²) in [6.45, 7) is 3.85. The molecule has 1 amide bonds. The standard InChI is InChI=1S/C11H16Cl3NO3/c1-3-5-8(6-7-9(16)18-4-2)15-10(17)11(12,13)14/h3,5,8H,4,6-7H2,1-2H3,(H,15,17)/b5-3+/t8-/m0/s1. The van der Waals surface area contributed by atoms with Crippen LogP contribution >= 0.6 is 34.8 Å². The van der Waals surface area contributed by atoms with Crippen molar-refractivity contribution in [2.75, 3.05) is 6.61 Å². The first kappa shape index (κ1) is 17.6. The molecule has 0 unspecified atom stereocenters. The Bertz CT molecular complexity index is 313. The fourth-order valence-electron chi connectivity index (χ4n) is 1.21. The number of alkyl halides is 3. The highest BCUT2D eigenvalue weighted by Crippen LogP contribution is 2.26. The van der Waals surface area contributed by atoms with E-state index in [0.717, 1.165) is 0 Å². The summed E-state index contributed by atoms with van der Waals surface area (Å²) >= 11 is 16.3. The number of amides is 1. The first-order valence-electron chi connectivity index (χ1n) is 5.47. The van der Waals surface area contributed by atoms with Gasteiger partial charge in [-0.15, -0.1) is 0 Å². The van der Waals surface area contributed by atoms with Crippen LogP contribution in [0.1, 0.15) is 26.7 Å². The molecule has 0 aliphatic rings. The van der Waals surface area contributed by atoms with Crippen molar-refractivity contribution in [2.24, 2.45) is 0 Å². The van der Waals surface area contributed by atoms with Gasteiger partial charge in [-0.1, -0.05) is 47.0 Å². The molecule has 0 aliphatic heterocycles. The summed E-state index contributed by atoms with van der Waals surface area (Å²) in [6, 6.07) is -0.373. The molecule has 0 spiro atoms. The highest BCUT2D eigenvalue weighted by molar-refractivity contribution is 6.76. The fraction of sp³-hybridized carbons (Fsp3) is 0.636. The summed E-state index contributed by atoms with van der Waals surface area (Å²) in [7, 11) is 0. The van der Waals surface area contributed by atoms with E-state index in [1.54, 1.807) is 26.0 Å². The Hall–Kier alpha value is -0.450. The SMILES string of the molecule is C/C=C/[C@@H](CCC(=O)OCC)NC(=O)C(Cl)(Cl)Cl. The molecule has 0 heterocycles. The topological polar surface area (TPSA) is 55.4 Å². The molecule has 0 radical (unpaired) electrons. The van der Waals surface area contributed by atoms with Crippen molar-refractivity contribution in [1.29, 1.82) is 0 Å². The van der Waals surface area contributed by atoms with Gasteiger partial charge in [0, 0.05) is 12.5 Å². The molecule has 0 bridgehead atoms. The van der Waals surface area contributed by atoms with Crippen LogP contribution in [0, 0.1) is 0 Å². The van der Waals surface area contributed by atoms with Crippen LogP contribution in [0.5, 0.6) is 0 Å². The lowest BCUT2D eigenvalue weighted by Gasteiger charge is -2.18. The van der Waals surface area contributed by atoms with Crippen molar-refractivity contribution >= 4 is 46.7 Å². The minimum Gasteiger partial charge on any atom is -0.466 e. The molecule has 0 aliphatic carbocycles. The van der Waals surface area contributed by atoms with E-state index in [0.29, 0.717) is 13.0 Å².